The smallest absolute Gasteiger partial charge is 0.225 e. The van der Waals surface area contributed by atoms with Crippen LogP contribution in [-0.2, 0) is 17.8 Å². The minimum absolute atomic E-state index is 0. The van der Waals surface area contributed by atoms with Gasteiger partial charge < -0.3 is 20.1 Å². The lowest BCUT2D eigenvalue weighted by Crippen LogP contribution is -2.45. The Morgan fingerprint density at radius 2 is 2.19 bits per heavy atom. The summed E-state index contributed by atoms with van der Waals surface area (Å²) in [6.07, 6.45) is 3.57. The van der Waals surface area contributed by atoms with E-state index in [1.807, 2.05) is 23.3 Å². The average Bonchev–Trinajstić information content (AvgIpc) is 3.23. The molecule has 0 radical (unpaired) electrons. The van der Waals surface area contributed by atoms with Gasteiger partial charge in [0.1, 0.15) is 12.2 Å². The molecule has 0 bridgehead atoms. The van der Waals surface area contributed by atoms with Crippen molar-refractivity contribution in [2.45, 2.75) is 53.1 Å². The van der Waals surface area contributed by atoms with Gasteiger partial charge in [0, 0.05) is 44.6 Å². The SMILES string of the molecule is CCNC(=NCCn1cnnc1CC)NC1CCN(C(=O)C(C)C)C1.I. The lowest BCUT2D eigenvalue weighted by atomic mass is 10.2. The average molecular weight is 477 g/mol. The molecular weight excluding hydrogens is 445 g/mol. The summed E-state index contributed by atoms with van der Waals surface area (Å²) in [7, 11) is 0. The van der Waals surface area contributed by atoms with E-state index in [1.165, 1.54) is 0 Å². The fourth-order valence-corrected chi connectivity index (χ4v) is 2.97. The van der Waals surface area contributed by atoms with Gasteiger partial charge in [-0.1, -0.05) is 20.8 Å². The molecule has 26 heavy (non-hydrogen) atoms. The minimum atomic E-state index is 0. The van der Waals surface area contributed by atoms with E-state index >= 15 is 0 Å². The molecule has 1 amide bonds. The zero-order valence-corrected chi connectivity index (χ0v) is 18.6. The number of amides is 1. The van der Waals surface area contributed by atoms with Gasteiger partial charge in [-0.25, -0.2) is 0 Å². The van der Waals surface area contributed by atoms with Gasteiger partial charge in [-0.15, -0.1) is 34.2 Å². The molecule has 1 aliphatic rings. The van der Waals surface area contributed by atoms with Gasteiger partial charge in [0.15, 0.2) is 5.96 Å². The Labute approximate surface area is 173 Å². The molecule has 1 aromatic rings. The first-order valence-electron chi connectivity index (χ1n) is 9.25. The third-order valence-electron chi connectivity index (χ3n) is 4.30. The van der Waals surface area contributed by atoms with Crippen molar-refractivity contribution in [3.8, 4) is 0 Å². The highest BCUT2D eigenvalue weighted by Gasteiger charge is 2.27. The third-order valence-corrected chi connectivity index (χ3v) is 4.30. The van der Waals surface area contributed by atoms with Crippen molar-refractivity contribution in [2.24, 2.45) is 10.9 Å². The highest BCUT2D eigenvalue weighted by atomic mass is 127. The number of aliphatic imine (C=N–C) groups is 1. The summed E-state index contributed by atoms with van der Waals surface area (Å²) in [6.45, 7) is 11.8. The number of aryl methyl sites for hydroxylation is 1. The molecule has 148 valence electrons. The Kier molecular flexibility index (Phi) is 9.89. The molecule has 1 saturated heterocycles. The molecule has 1 unspecified atom stereocenters. The number of nitrogens with zero attached hydrogens (tertiary/aromatic N) is 5. The number of carbonyl (C=O) groups excluding carboxylic acids is 1. The Hall–Kier alpha value is -1.39. The van der Waals surface area contributed by atoms with E-state index in [4.69, 9.17) is 0 Å². The molecule has 8 nitrogen and oxygen atoms in total. The molecule has 1 aliphatic heterocycles. The van der Waals surface area contributed by atoms with E-state index in [2.05, 4.69) is 39.7 Å². The summed E-state index contributed by atoms with van der Waals surface area (Å²) in [5.74, 6) is 2.06. The quantitative estimate of drug-likeness (QED) is 0.351. The topological polar surface area (TPSA) is 87.4 Å². The fourth-order valence-electron chi connectivity index (χ4n) is 2.97. The van der Waals surface area contributed by atoms with Gasteiger partial charge in [0.2, 0.25) is 5.91 Å². The molecule has 9 heteroatoms. The molecule has 1 atom stereocenters. The van der Waals surface area contributed by atoms with Crippen molar-refractivity contribution in [1.29, 1.82) is 0 Å². The highest BCUT2D eigenvalue weighted by molar-refractivity contribution is 14.0. The maximum absolute atomic E-state index is 12.1. The molecule has 2 heterocycles. The maximum atomic E-state index is 12.1. The van der Waals surface area contributed by atoms with Crippen molar-refractivity contribution in [3.63, 3.8) is 0 Å². The largest absolute Gasteiger partial charge is 0.357 e. The van der Waals surface area contributed by atoms with Gasteiger partial charge in [0.25, 0.3) is 0 Å². The van der Waals surface area contributed by atoms with Crippen molar-refractivity contribution in [2.75, 3.05) is 26.2 Å². The highest BCUT2D eigenvalue weighted by Crippen LogP contribution is 2.12. The van der Waals surface area contributed by atoms with E-state index in [0.29, 0.717) is 6.54 Å². The second-order valence-electron chi connectivity index (χ2n) is 6.62. The Morgan fingerprint density at radius 1 is 1.42 bits per heavy atom. The van der Waals surface area contributed by atoms with Crippen LogP contribution < -0.4 is 10.6 Å². The molecular formula is C17H32IN7O. The molecule has 0 saturated carbocycles. The van der Waals surface area contributed by atoms with Crippen LogP contribution in [0.1, 0.15) is 39.9 Å². The van der Waals surface area contributed by atoms with Gasteiger partial charge in [-0.3, -0.25) is 9.79 Å². The van der Waals surface area contributed by atoms with Crippen LogP contribution >= 0.6 is 24.0 Å². The second kappa shape index (κ2) is 11.3. The predicted molar refractivity (Wildman–Crippen MR) is 114 cm³/mol. The van der Waals surface area contributed by atoms with Crippen LogP contribution in [0.15, 0.2) is 11.3 Å². The van der Waals surface area contributed by atoms with Gasteiger partial charge in [-0.2, -0.15) is 0 Å². The number of nitrogens with one attached hydrogen (secondary N) is 2. The molecule has 2 N–H and O–H groups in total. The minimum Gasteiger partial charge on any atom is -0.357 e. The molecule has 0 spiro atoms. The van der Waals surface area contributed by atoms with Crippen molar-refractivity contribution >= 4 is 35.8 Å². The summed E-state index contributed by atoms with van der Waals surface area (Å²) >= 11 is 0. The Bertz CT molecular complexity index is 587. The predicted octanol–water partition coefficient (Wildman–Crippen LogP) is 1.27. The summed E-state index contributed by atoms with van der Waals surface area (Å²) in [5, 5.41) is 14.8. The first-order valence-corrected chi connectivity index (χ1v) is 9.25. The molecule has 0 aliphatic carbocycles. The Balaban J connectivity index is 0.00000338. The number of halogens is 1. The van der Waals surface area contributed by atoms with Crippen LogP contribution in [0.25, 0.3) is 0 Å². The van der Waals surface area contributed by atoms with Crippen molar-refractivity contribution in [3.05, 3.63) is 12.2 Å². The summed E-state index contributed by atoms with van der Waals surface area (Å²) < 4.78 is 2.03. The van der Waals surface area contributed by atoms with Crippen LogP contribution in [0.3, 0.4) is 0 Å². The number of hydrogen-bond acceptors (Lipinski definition) is 4. The zero-order chi connectivity index (χ0) is 18.2. The molecule has 0 aromatic carbocycles. The number of guanidine groups is 1. The molecule has 2 rings (SSSR count). The number of rotatable bonds is 7. The number of carbonyl (C=O) groups is 1. The number of aromatic nitrogens is 3. The summed E-state index contributed by atoms with van der Waals surface area (Å²) in [5.41, 5.74) is 0. The van der Waals surface area contributed by atoms with Crippen LogP contribution in [-0.4, -0.2) is 63.8 Å². The molecule has 1 aromatic heterocycles. The van der Waals surface area contributed by atoms with Gasteiger partial charge in [-0.05, 0) is 13.3 Å². The number of hydrogen-bond donors (Lipinski definition) is 2. The van der Waals surface area contributed by atoms with E-state index in [-0.39, 0.29) is 41.8 Å². The van der Waals surface area contributed by atoms with Crippen LogP contribution in [0.2, 0.25) is 0 Å². The van der Waals surface area contributed by atoms with Crippen LogP contribution in [0, 0.1) is 5.92 Å². The van der Waals surface area contributed by atoms with E-state index in [1.54, 1.807) is 6.33 Å². The summed E-state index contributed by atoms with van der Waals surface area (Å²) in [4.78, 5) is 18.7. The van der Waals surface area contributed by atoms with Crippen molar-refractivity contribution < 1.29 is 4.79 Å². The lowest BCUT2D eigenvalue weighted by Gasteiger charge is -2.20. The van der Waals surface area contributed by atoms with E-state index < -0.39 is 0 Å². The Morgan fingerprint density at radius 3 is 2.85 bits per heavy atom. The lowest BCUT2D eigenvalue weighted by molar-refractivity contribution is -0.133. The normalized spacial score (nSPS) is 17.3. The standard InChI is InChI=1S/C17H31N7O.HI/c1-5-15-22-20-12-24(15)10-8-19-17(18-6-2)21-14-7-9-23(11-14)16(25)13(3)4;/h12-14H,5-11H2,1-4H3,(H2,18,19,21);1H. The van der Waals surface area contributed by atoms with Crippen molar-refractivity contribution in [1.82, 2.24) is 30.3 Å². The third kappa shape index (κ3) is 6.40. The number of likely N-dealkylation sites (tertiary alicyclic amines) is 1. The second-order valence-corrected chi connectivity index (χ2v) is 6.62. The van der Waals surface area contributed by atoms with Gasteiger partial charge in [0.05, 0.1) is 6.54 Å². The van der Waals surface area contributed by atoms with Gasteiger partial charge >= 0.3 is 0 Å². The summed E-state index contributed by atoms with van der Waals surface area (Å²) in [6, 6.07) is 0.251. The first-order chi connectivity index (χ1) is 12.0. The maximum Gasteiger partial charge on any atom is 0.225 e. The monoisotopic (exact) mass is 477 g/mol. The zero-order valence-electron chi connectivity index (χ0n) is 16.2. The van der Waals surface area contributed by atoms with E-state index in [0.717, 1.165) is 50.8 Å². The van der Waals surface area contributed by atoms with Crippen LogP contribution in [0.4, 0.5) is 0 Å². The van der Waals surface area contributed by atoms with E-state index in [9.17, 15) is 4.79 Å². The fraction of sp³-hybridized carbons (Fsp3) is 0.765. The first kappa shape index (κ1) is 22.7. The molecule has 1 fully saturated rings. The van der Waals surface area contributed by atoms with Crippen LogP contribution in [0.5, 0.6) is 0 Å².